The van der Waals surface area contributed by atoms with E-state index in [0.717, 1.165) is 10.2 Å². The second kappa shape index (κ2) is 6.37. The molecule has 0 unspecified atom stereocenters. The Bertz CT molecular complexity index is 885. The summed E-state index contributed by atoms with van der Waals surface area (Å²) < 4.78 is 0.977. The zero-order valence-corrected chi connectivity index (χ0v) is 12.6. The van der Waals surface area contributed by atoms with Crippen molar-refractivity contribution in [2.24, 2.45) is 0 Å². The second-order valence-corrected chi connectivity index (χ2v) is 5.66. The maximum Gasteiger partial charge on any atom is 0.276 e. The lowest BCUT2D eigenvalue weighted by Gasteiger charge is -1.97. The molecule has 6 nitrogen and oxygen atoms in total. The largest absolute Gasteiger partial charge is 0.298 e. The smallest absolute Gasteiger partial charge is 0.276 e. The number of thiazole rings is 1. The standard InChI is InChI=1S/C16H11N3O3S/c20-15(10-9-11-5-1-3-7-13(11)19(21)22)18-16-17-12-6-2-4-8-14(12)23-16/h1-10H,(H,17,18,20). The third-order valence-corrected chi connectivity index (χ3v) is 4.02. The Balaban J connectivity index is 1.75. The fourth-order valence-corrected chi connectivity index (χ4v) is 2.90. The van der Waals surface area contributed by atoms with Crippen molar-refractivity contribution in [1.29, 1.82) is 0 Å². The number of nitrogens with one attached hydrogen (secondary N) is 1. The van der Waals surface area contributed by atoms with Gasteiger partial charge in [0.1, 0.15) is 0 Å². The molecule has 0 spiro atoms. The van der Waals surface area contributed by atoms with Crippen LogP contribution in [0.2, 0.25) is 0 Å². The fourth-order valence-electron chi connectivity index (χ4n) is 2.03. The van der Waals surface area contributed by atoms with Gasteiger partial charge in [-0.3, -0.25) is 20.2 Å². The van der Waals surface area contributed by atoms with Gasteiger partial charge in [-0.1, -0.05) is 35.6 Å². The predicted octanol–water partition coefficient (Wildman–Crippen LogP) is 3.86. The topological polar surface area (TPSA) is 85.1 Å². The first-order chi connectivity index (χ1) is 11.1. The lowest BCUT2D eigenvalue weighted by molar-refractivity contribution is -0.385. The zero-order valence-electron chi connectivity index (χ0n) is 11.8. The zero-order chi connectivity index (χ0) is 16.2. The number of para-hydroxylation sites is 2. The summed E-state index contributed by atoms with van der Waals surface area (Å²) in [5.41, 5.74) is 1.14. The molecule has 0 saturated heterocycles. The number of anilines is 1. The van der Waals surface area contributed by atoms with E-state index in [1.807, 2.05) is 24.3 Å². The Morgan fingerprint density at radius 2 is 1.91 bits per heavy atom. The van der Waals surface area contributed by atoms with Crippen LogP contribution >= 0.6 is 11.3 Å². The van der Waals surface area contributed by atoms with Crippen LogP contribution in [-0.2, 0) is 4.79 Å². The number of nitrogens with zero attached hydrogens (tertiary/aromatic N) is 2. The number of amides is 1. The minimum absolute atomic E-state index is 0.0449. The SMILES string of the molecule is O=C(C=Cc1ccccc1[N+](=O)[O-])Nc1nc2ccccc2s1. The summed E-state index contributed by atoms with van der Waals surface area (Å²) in [4.78, 5) is 26.7. The normalized spacial score (nSPS) is 11.0. The first kappa shape index (κ1) is 14.9. The molecule has 0 atom stereocenters. The first-order valence-electron chi connectivity index (χ1n) is 6.71. The Morgan fingerprint density at radius 1 is 1.17 bits per heavy atom. The molecule has 1 amide bonds. The minimum atomic E-state index is -0.481. The lowest BCUT2D eigenvalue weighted by atomic mass is 10.1. The van der Waals surface area contributed by atoms with E-state index in [9.17, 15) is 14.9 Å². The Hall–Kier alpha value is -3.06. The van der Waals surface area contributed by atoms with Gasteiger partial charge in [0.05, 0.1) is 20.7 Å². The number of nitro benzene ring substituents is 1. The maximum absolute atomic E-state index is 11.9. The first-order valence-corrected chi connectivity index (χ1v) is 7.53. The number of fused-ring (bicyclic) bond motifs is 1. The van der Waals surface area contributed by atoms with Gasteiger partial charge in [0.15, 0.2) is 5.13 Å². The van der Waals surface area contributed by atoms with Gasteiger partial charge < -0.3 is 0 Å². The number of hydrogen-bond acceptors (Lipinski definition) is 5. The molecule has 1 heterocycles. The van der Waals surface area contributed by atoms with Gasteiger partial charge in [-0.05, 0) is 24.3 Å². The third kappa shape index (κ3) is 3.41. The number of benzene rings is 2. The van der Waals surface area contributed by atoms with Crippen LogP contribution in [0.1, 0.15) is 5.56 Å². The van der Waals surface area contributed by atoms with Gasteiger partial charge in [-0.25, -0.2) is 4.98 Å². The third-order valence-electron chi connectivity index (χ3n) is 3.07. The number of nitro groups is 1. The van der Waals surface area contributed by atoms with E-state index in [0.29, 0.717) is 10.7 Å². The number of aromatic nitrogens is 1. The molecule has 0 aliphatic rings. The van der Waals surface area contributed by atoms with Crippen LogP contribution in [0.3, 0.4) is 0 Å². The van der Waals surface area contributed by atoms with Crippen molar-refractivity contribution >= 4 is 44.4 Å². The van der Waals surface area contributed by atoms with Crippen LogP contribution in [-0.4, -0.2) is 15.8 Å². The van der Waals surface area contributed by atoms with E-state index >= 15 is 0 Å². The van der Waals surface area contributed by atoms with Crippen molar-refractivity contribution in [3.8, 4) is 0 Å². The van der Waals surface area contributed by atoms with Crippen LogP contribution in [0, 0.1) is 10.1 Å². The van der Waals surface area contributed by atoms with Crippen LogP contribution in [0.4, 0.5) is 10.8 Å². The van der Waals surface area contributed by atoms with E-state index in [1.165, 1.54) is 29.6 Å². The van der Waals surface area contributed by atoms with E-state index in [1.54, 1.807) is 18.2 Å². The van der Waals surface area contributed by atoms with E-state index in [-0.39, 0.29) is 11.6 Å². The highest BCUT2D eigenvalue weighted by Crippen LogP contribution is 2.25. The van der Waals surface area contributed by atoms with E-state index in [4.69, 9.17) is 0 Å². The molecule has 0 saturated carbocycles. The van der Waals surface area contributed by atoms with Crippen molar-refractivity contribution in [1.82, 2.24) is 4.98 Å². The summed E-state index contributed by atoms with van der Waals surface area (Å²) >= 11 is 1.37. The highest BCUT2D eigenvalue weighted by Gasteiger charge is 2.10. The number of carbonyl (C=O) groups excluding carboxylic acids is 1. The summed E-state index contributed by atoms with van der Waals surface area (Å²) in [6.45, 7) is 0. The summed E-state index contributed by atoms with van der Waals surface area (Å²) in [6.07, 6.45) is 2.68. The van der Waals surface area contributed by atoms with Gasteiger partial charge in [0.25, 0.3) is 5.69 Å². The van der Waals surface area contributed by atoms with Gasteiger partial charge in [0.2, 0.25) is 5.91 Å². The molecular formula is C16H11N3O3S. The molecular weight excluding hydrogens is 314 g/mol. The lowest BCUT2D eigenvalue weighted by Crippen LogP contribution is -2.07. The number of rotatable bonds is 4. The molecule has 7 heteroatoms. The number of carbonyl (C=O) groups is 1. The summed E-state index contributed by atoms with van der Waals surface area (Å²) in [6, 6.07) is 13.8. The monoisotopic (exact) mass is 325 g/mol. The molecule has 3 rings (SSSR count). The highest BCUT2D eigenvalue weighted by molar-refractivity contribution is 7.22. The molecule has 3 aromatic rings. The second-order valence-electron chi connectivity index (χ2n) is 4.63. The average Bonchev–Trinajstić information content (AvgIpc) is 2.95. The molecule has 114 valence electrons. The van der Waals surface area contributed by atoms with Crippen molar-refractivity contribution in [2.75, 3.05) is 5.32 Å². The van der Waals surface area contributed by atoms with Crippen LogP contribution in [0.15, 0.2) is 54.6 Å². The van der Waals surface area contributed by atoms with Gasteiger partial charge >= 0.3 is 0 Å². The van der Waals surface area contributed by atoms with Crippen LogP contribution in [0.25, 0.3) is 16.3 Å². The van der Waals surface area contributed by atoms with E-state index in [2.05, 4.69) is 10.3 Å². The molecule has 23 heavy (non-hydrogen) atoms. The number of hydrogen-bond donors (Lipinski definition) is 1. The van der Waals surface area contributed by atoms with Gasteiger partial charge in [-0.15, -0.1) is 0 Å². The van der Waals surface area contributed by atoms with Gasteiger partial charge in [-0.2, -0.15) is 0 Å². The summed E-state index contributed by atoms with van der Waals surface area (Å²) in [5.74, 6) is -0.387. The molecule has 0 bridgehead atoms. The maximum atomic E-state index is 11.9. The molecule has 0 fully saturated rings. The van der Waals surface area contributed by atoms with Crippen LogP contribution in [0.5, 0.6) is 0 Å². The Labute approximate surface area is 135 Å². The summed E-state index contributed by atoms with van der Waals surface area (Å²) in [7, 11) is 0. The molecule has 1 N–H and O–H groups in total. The molecule has 0 aliphatic carbocycles. The molecule has 0 aliphatic heterocycles. The highest BCUT2D eigenvalue weighted by atomic mass is 32.1. The molecule has 1 aromatic heterocycles. The Morgan fingerprint density at radius 3 is 2.70 bits per heavy atom. The average molecular weight is 325 g/mol. The van der Waals surface area contributed by atoms with Crippen molar-refractivity contribution in [3.63, 3.8) is 0 Å². The van der Waals surface area contributed by atoms with Crippen molar-refractivity contribution in [2.45, 2.75) is 0 Å². The predicted molar refractivity (Wildman–Crippen MR) is 90.4 cm³/mol. The minimum Gasteiger partial charge on any atom is -0.298 e. The molecule has 0 radical (unpaired) electrons. The Kier molecular flexibility index (Phi) is 4.11. The van der Waals surface area contributed by atoms with E-state index < -0.39 is 4.92 Å². The quantitative estimate of drug-likeness (QED) is 0.448. The molecule has 2 aromatic carbocycles. The van der Waals surface area contributed by atoms with Gasteiger partial charge in [0, 0.05) is 12.1 Å². The summed E-state index contributed by atoms with van der Waals surface area (Å²) in [5, 5.41) is 14.1. The van der Waals surface area contributed by atoms with Crippen molar-refractivity contribution in [3.05, 3.63) is 70.3 Å². The fraction of sp³-hybridized carbons (Fsp3) is 0. The van der Waals surface area contributed by atoms with Crippen molar-refractivity contribution < 1.29 is 9.72 Å². The van der Waals surface area contributed by atoms with Crippen LogP contribution < -0.4 is 5.32 Å².